The maximum absolute atomic E-state index is 12.8. The van der Waals surface area contributed by atoms with Gasteiger partial charge in [-0.2, -0.15) is 5.10 Å². The summed E-state index contributed by atoms with van der Waals surface area (Å²) in [6.45, 7) is 5.97. The predicted molar refractivity (Wildman–Crippen MR) is 82.4 cm³/mol. The molecule has 1 fully saturated rings. The van der Waals surface area contributed by atoms with Gasteiger partial charge in [-0.15, -0.1) is 0 Å². The van der Waals surface area contributed by atoms with Crippen molar-refractivity contribution in [2.75, 3.05) is 6.54 Å². The molecule has 0 aliphatic heterocycles. The van der Waals surface area contributed by atoms with E-state index in [9.17, 15) is 8.42 Å². The maximum Gasteiger partial charge on any atom is 0.244 e. The summed E-state index contributed by atoms with van der Waals surface area (Å²) in [6, 6.07) is 0. The first kappa shape index (κ1) is 16.5. The molecule has 0 amide bonds. The van der Waals surface area contributed by atoms with Gasteiger partial charge >= 0.3 is 0 Å². The highest BCUT2D eigenvalue weighted by Gasteiger charge is 2.39. The Kier molecular flexibility index (Phi) is 4.46. The predicted octanol–water partition coefficient (Wildman–Crippen LogP) is 1.22. The molecule has 0 bridgehead atoms. The number of nitrogens with zero attached hydrogens (tertiary/aromatic N) is 2. The average molecular weight is 314 g/mol. The Hall–Kier alpha value is -0.920. The van der Waals surface area contributed by atoms with E-state index in [4.69, 9.17) is 5.73 Å². The zero-order valence-corrected chi connectivity index (χ0v) is 14.1. The lowest BCUT2D eigenvalue weighted by Gasteiger charge is -2.39. The van der Waals surface area contributed by atoms with E-state index in [1.54, 1.807) is 25.6 Å². The van der Waals surface area contributed by atoms with Gasteiger partial charge in [-0.25, -0.2) is 13.1 Å². The number of aromatic nitrogens is 2. The highest BCUT2D eigenvalue weighted by Crippen LogP contribution is 2.33. The van der Waals surface area contributed by atoms with Gasteiger partial charge in [0.15, 0.2) is 0 Å². The van der Waals surface area contributed by atoms with Crippen molar-refractivity contribution in [3.05, 3.63) is 11.4 Å². The van der Waals surface area contributed by atoms with Crippen LogP contribution in [-0.4, -0.2) is 30.3 Å². The highest BCUT2D eigenvalue weighted by atomic mass is 32.2. The van der Waals surface area contributed by atoms with Crippen LogP contribution < -0.4 is 10.5 Å². The van der Waals surface area contributed by atoms with Crippen molar-refractivity contribution in [3.8, 4) is 0 Å². The summed E-state index contributed by atoms with van der Waals surface area (Å²) < 4.78 is 30.1. The third-order valence-electron chi connectivity index (χ3n) is 4.54. The van der Waals surface area contributed by atoms with E-state index < -0.39 is 15.6 Å². The normalized spacial score (nSPS) is 27.0. The van der Waals surface area contributed by atoms with E-state index >= 15 is 0 Å². The Labute approximate surface area is 127 Å². The number of nitrogens with one attached hydrogen (secondary N) is 1. The lowest BCUT2D eigenvalue weighted by molar-refractivity contribution is 0.223. The molecule has 0 spiro atoms. The second-order valence-corrected chi connectivity index (χ2v) is 8.03. The molecule has 0 saturated heterocycles. The van der Waals surface area contributed by atoms with Crippen LogP contribution in [0.5, 0.6) is 0 Å². The van der Waals surface area contributed by atoms with Crippen molar-refractivity contribution in [1.82, 2.24) is 14.5 Å². The van der Waals surface area contributed by atoms with Gasteiger partial charge in [0.2, 0.25) is 10.0 Å². The molecule has 1 saturated carbocycles. The zero-order valence-electron chi connectivity index (χ0n) is 13.3. The molecule has 120 valence electrons. The number of hydrogen-bond donors (Lipinski definition) is 2. The third kappa shape index (κ3) is 3.14. The summed E-state index contributed by atoms with van der Waals surface area (Å²) in [6.07, 6.45) is 3.73. The molecule has 1 heterocycles. The summed E-state index contributed by atoms with van der Waals surface area (Å²) in [5.74, 6) is 0.487. The standard InChI is InChI=1S/C14H26N4O2S/c1-10-6-5-7-14(8-10,9-15)17-21(19,20)13-11(2)16-18(4)12(13)3/h10,17H,5-9,15H2,1-4H3. The van der Waals surface area contributed by atoms with Crippen molar-refractivity contribution >= 4 is 10.0 Å². The minimum absolute atomic E-state index is 0.288. The molecule has 3 N–H and O–H groups in total. The SMILES string of the molecule is Cc1nn(C)c(C)c1S(=O)(=O)NC1(CN)CCCC(C)C1. The zero-order chi connectivity index (χ0) is 15.8. The largest absolute Gasteiger partial charge is 0.329 e. The van der Waals surface area contributed by atoms with E-state index in [2.05, 4.69) is 16.7 Å². The van der Waals surface area contributed by atoms with E-state index in [0.717, 1.165) is 25.7 Å². The van der Waals surface area contributed by atoms with Crippen LogP contribution in [0.4, 0.5) is 0 Å². The van der Waals surface area contributed by atoms with Crippen LogP contribution in [-0.2, 0) is 17.1 Å². The average Bonchev–Trinajstić information content (AvgIpc) is 2.63. The molecule has 0 radical (unpaired) electrons. The van der Waals surface area contributed by atoms with Crippen LogP contribution in [0.2, 0.25) is 0 Å². The van der Waals surface area contributed by atoms with Gasteiger partial charge in [0.25, 0.3) is 0 Å². The van der Waals surface area contributed by atoms with E-state index in [1.807, 2.05) is 0 Å². The molecular formula is C14H26N4O2S. The summed E-state index contributed by atoms with van der Waals surface area (Å²) >= 11 is 0. The fourth-order valence-electron chi connectivity index (χ4n) is 3.46. The Morgan fingerprint density at radius 2 is 2.14 bits per heavy atom. The van der Waals surface area contributed by atoms with Gasteiger partial charge in [-0.1, -0.05) is 19.8 Å². The number of aryl methyl sites for hydroxylation is 2. The van der Waals surface area contributed by atoms with E-state index in [1.165, 1.54) is 0 Å². The maximum atomic E-state index is 12.8. The fourth-order valence-corrected chi connectivity index (χ4v) is 5.35. The van der Waals surface area contributed by atoms with Gasteiger partial charge in [0.05, 0.1) is 11.4 Å². The van der Waals surface area contributed by atoms with Crippen molar-refractivity contribution in [2.24, 2.45) is 18.7 Å². The van der Waals surface area contributed by atoms with Crippen molar-refractivity contribution in [2.45, 2.75) is 56.9 Å². The monoisotopic (exact) mass is 314 g/mol. The van der Waals surface area contributed by atoms with Crippen molar-refractivity contribution in [3.63, 3.8) is 0 Å². The summed E-state index contributed by atoms with van der Waals surface area (Å²) in [5.41, 5.74) is 6.57. The van der Waals surface area contributed by atoms with Gasteiger partial charge in [0.1, 0.15) is 4.90 Å². The summed E-state index contributed by atoms with van der Waals surface area (Å²) in [7, 11) is -1.85. The number of nitrogens with two attached hydrogens (primary N) is 1. The summed E-state index contributed by atoms with van der Waals surface area (Å²) in [4.78, 5) is 0.288. The van der Waals surface area contributed by atoms with E-state index in [-0.39, 0.29) is 4.90 Å². The number of rotatable bonds is 4. The van der Waals surface area contributed by atoms with Gasteiger partial charge in [-0.05, 0) is 32.6 Å². The van der Waals surface area contributed by atoms with Crippen LogP contribution in [0, 0.1) is 19.8 Å². The minimum atomic E-state index is -3.61. The molecule has 21 heavy (non-hydrogen) atoms. The quantitative estimate of drug-likeness (QED) is 0.874. The number of sulfonamides is 1. The van der Waals surface area contributed by atoms with Crippen LogP contribution in [0.1, 0.15) is 44.0 Å². The minimum Gasteiger partial charge on any atom is -0.329 e. The molecule has 1 aliphatic rings. The molecule has 1 aliphatic carbocycles. The molecule has 1 aromatic heterocycles. The van der Waals surface area contributed by atoms with Crippen LogP contribution in [0.15, 0.2) is 4.90 Å². The van der Waals surface area contributed by atoms with Crippen molar-refractivity contribution in [1.29, 1.82) is 0 Å². The van der Waals surface area contributed by atoms with Crippen LogP contribution in [0.25, 0.3) is 0 Å². The molecule has 7 heteroatoms. The second kappa shape index (κ2) is 5.70. The Balaban J connectivity index is 2.36. The first-order valence-corrected chi connectivity index (χ1v) is 8.93. The topological polar surface area (TPSA) is 90.0 Å². The fraction of sp³-hybridized carbons (Fsp3) is 0.786. The highest BCUT2D eigenvalue weighted by molar-refractivity contribution is 7.89. The van der Waals surface area contributed by atoms with Gasteiger partial charge in [-0.3, -0.25) is 4.68 Å². The molecule has 2 atom stereocenters. The van der Waals surface area contributed by atoms with Crippen LogP contribution >= 0.6 is 0 Å². The van der Waals surface area contributed by atoms with Crippen molar-refractivity contribution < 1.29 is 8.42 Å². The number of hydrogen-bond acceptors (Lipinski definition) is 4. The third-order valence-corrected chi connectivity index (χ3v) is 6.37. The van der Waals surface area contributed by atoms with Gasteiger partial charge in [0, 0.05) is 19.1 Å². The molecule has 2 unspecified atom stereocenters. The molecule has 2 rings (SSSR count). The first-order chi connectivity index (χ1) is 9.71. The van der Waals surface area contributed by atoms with E-state index in [0.29, 0.717) is 23.9 Å². The molecular weight excluding hydrogens is 288 g/mol. The second-order valence-electron chi connectivity index (χ2n) is 6.42. The Morgan fingerprint density at radius 3 is 2.62 bits per heavy atom. The van der Waals surface area contributed by atoms with Gasteiger partial charge < -0.3 is 5.73 Å². The smallest absolute Gasteiger partial charge is 0.244 e. The Morgan fingerprint density at radius 1 is 1.48 bits per heavy atom. The lowest BCUT2D eigenvalue weighted by atomic mass is 9.77. The molecule has 1 aromatic rings. The molecule has 6 nitrogen and oxygen atoms in total. The Bertz CT molecular complexity index is 623. The first-order valence-electron chi connectivity index (χ1n) is 7.45. The summed E-state index contributed by atoms with van der Waals surface area (Å²) in [5, 5.41) is 4.20. The lowest BCUT2D eigenvalue weighted by Crippen LogP contribution is -2.55. The van der Waals surface area contributed by atoms with Crippen LogP contribution in [0.3, 0.4) is 0 Å². The molecule has 0 aromatic carbocycles.